The van der Waals surface area contributed by atoms with Gasteiger partial charge >= 0.3 is 0 Å². The highest BCUT2D eigenvalue weighted by Crippen LogP contribution is 2.41. The van der Waals surface area contributed by atoms with E-state index in [1.807, 2.05) is 12.3 Å². The second-order valence-corrected chi connectivity index (χ2v) is 8.11. The molecule has 3 heteroatoms. The fourth-order valence-corrected chi connectivity index (χ4v) is 4.94. The Kier molecular flexibility index (Phi) is 2.82. The second kappa shape index (κ2) is 4.99. The molecule has 3 aromatic heterocycles. The third-order valence-electron chi connectivity index (χ3n) is 6.41. The van der Waals surface area contributed by atoms with Crippen molar-refractivity contribution in [2.75, 3.05) is 0 Å². The summed E-state index contributed by atoms with van der Waals surface area (Å²) in [7, 11) is 2.08. The van der Waals surface area contributed by atoms with Gasteiger partial charge in [0.2, 0.25) is 5.52 Å². The van der Waals surface area contributed by atoms with Crippen LogP contribution < -0.4 is 4.57 Å². The fraction of sp³-hybridized carbons (Fsp3) is 0.160. The van der Waals surface area contributed by atoms with Crippen LogP contribution in [-0.2, 0) is 7.05 Å². The zero-order chi connectivity index (χ0) is 19.3. The van der Waals surface area contributed by atoms with E-state index in [-0.39, 0.29) is 5.82 Å². The summed E-state index contributed by atoms with van der Waals surface area (Å²) in [6, 6.07) is 14.3. The molecule has 136 valence electrons. The molecule has 2 nitrogen and oxygen atoms in total. The predicted octanol–water partition coefficient (Wildman–Crippen LogP) is 5.88. The van der Waals surface area contributed by atoms with Crippen LogP contribution in [0.15, 0.2) is 48.7 Å². The minimum absolute atomic E-state index is 0.197. The molecule has 0 aliphatic carbocycles. The molecular formula is C25H20FN2+. The minimum atomic E-state index is -0.197. The molecule has 0 radical (unpaired) electrons. The first-order chi connectivity index (χ1) is 13.5. The lowest BCUT2D eigenvalue weighted by atomic mass is 9.99. The van der Waals surface area contributed by atoms with E-state index in [2.05, 4.69) is 61.1 Å². The Morgan fingerprint density at radius 3 is 2.39 bits per heavy atom. The largest absolute Gasteiger partial charge is 0.307 e. The van der Waals surface area contributed by atoms with E-state index in [0.717, 1.165) is 21.8 Å². The summed E-state index contributed by atoms with van der Waals surface area (Å²) in [5.74, 6) is -0.197. The average Bonchev–Trinajstić information content (AvgIpc) is 2.96. The SMILES string of the molecule is Cc1cc2c3ccc(C)c4c3n(c2cc1C)c1cc(F)cc2cc[n+](C)c4c21. The van der Waals surface area contributed by atoms with Gasteiger partial charge in [-0.15, -0.1) is 0 Å². The van der Waals surface area contributed by atoms with Gasteiger partial charge in [-0.1, -0.05) is 12.1 Å². The van der Waals surface area contributed by atoms with Crippen molar-refractivity contribution in [2.45, 2.75) is 20.8 Å². The summed E-state index contributed by atoms with van der Waals surface area (Å²) in [6.07, 6.45) is 2.03. The maximum Gasteiger partial charge on any atom is 0.224 e. The Balaban J connectivity index is 2.13. The van der Waals surface area contributed by atoms with Gasteiger partial charge < -0.3 is 4.40 Å². The van der Waals surface area contributed by atoms with Crippen molar-refractivity contribution >= 4 is 49.0 Å². The average molecular weight is 367 g/mol. The molecular weight excluding hydrogens is 347 g/mol. The molecule has 6 rings (SSSR count). The van der Waals surface area contributed by atoms with E-state index in [1.165, 1.54) is 43.9 Å². The molecule has 0 saturated heterocycles. The lowest BCUT2D eigenvalue weighted by Crippen LogP contribution is -2.28. The van der Waals surface area contributed by atoms with E-state index in [1.54, 1.807) is 12.1 Å². The van der Waals surface area contributed by atoms with Gasteiger partial charge in [-0.05, 0) is 67.1 Å². The standard InChI is InChI=1S/C25H20FN2/c1-13-5-6-18-19-9-14(2)15(3)10-20(19)28-21-12-17(26)11-16-7-8-27(4)25(23(16)21)22(13)24(18)28/h5-12H,1-4H3/q+1. The summed E-state index contributed by atoms with van der Waals surface area (Å²) >= 11 is 0. The zero-order valence-corrected chi connectivity index (χ0v) is 16.4. The monoisotopic (exact) mass is 367 g/mol. The molecule has 0 N–H and O–H groups in total. The molecule has 6 aromatic rings. The van der Waals surface area contributed by atoms with Crippen LogP contribution in [0.4, 0.5) is 4.39 Å². The van der Waals surface area contributed by atoms with Gasteiger partial charge in [0.15, 0.2) is 6.20 Å². The van der Waals surface area contributed by atoms with E-state index in [4.69, 9.17) is 0 Å². The summed E-state index contributed by atoms with van der Waals surface area (Å²) in [5, 5.41) is 5.76. The molecule has 0 unspecified atom stereocenters. The van der Waals surface area contributed by atoms with Gasteiger partial charge in [-0.2, -0.15) is 0 Å². The molecule has 28 heavy (non-hydrogen) atoms. The molecule has 0 atom stereocenters. The van der Waals surface area contributed by atoms with Gasteiger partial charge in [-0.25, -0.2) is 8.96 Å². The van der Waals surface area contributed by atoms with Gasteiger partial charge in [0.1, 0.15) is 12.9 Å². The van der Waals surface area contributed by atoms with Gasteiger partial charge in [-0.3, -0.25) is 0 Å². The third kappa shape index (κ3) is 1.74. The number of hydrogen-bond donors (Lipinski definition) is 0. The molecule has 0 spiro atoms. The van der Waals surface area contributed by atoms with E-state index < -0.39 is 0 Å². The number of benzene rings is 3. The third-order valence-corrected chi connectivity index (χ3v) is 6.41. The van der Waals surface area contributed by atoms with Crippen molar-refractivity contribution in [1.82, 2.24) is 4.40 Å². The smallest absolute Gasteiger partial charge is 0.224 e. The molecule has 3 heterocycles. The maximum absolute atomic E-state index is 14.6. The molecule has 0 saturated carbocycles. The van der Waals surface area contributed by atoms with Crippen LogP contribution >= 0.6 is 0 Å². The van der Waals surface area contributed by atoms with Crippen LogP contribution in [0.1, 0.15) is 16.7 Å². The zero-order valence-electron chi connectivity index (χ0n) is 16.4. The highest BCUT2D eigenvalue weighted by atomic mass is 19.1. The van der Waals surface area contributed by atoms with Gasteiger partial charge in [0, 0.05) is 16.8 Å². The normalized spacial score (nSPS) is 12.5. The van der Waals surface area contributed by atoms with Crippen LogP contribution in [0.3, 0.4) is 0 Å². The summed E-state index contributed by atoms with van der Waals surface area (Å²) in [6.45, 7) is 6.46. The highest BCUT2D eigenvalue weighted by molar-refractivity contribution is 6.25. The molecule has 0 fully saturated rings. The number of halogens is 1. The van der Waals surface area contributed by atoms with Gasteiger partial charge in [0.25, 0.3) is 0 Å². The Morgan fingerprint density at radius 2 is 1.57 bits per heavy atom. The van der Waals surface area contributed by atoms with Crippen molar-refractivity contribution in [3.63, 3.8) is 0 Å². The number of aryl methyl sites for hydroxylation is 4. The van der Waals surface area contributed by atoms with Crippen LogP contribution in [-0.4, -0.2) is 4.40 Å². The highest BCUT2D eigenvalue weighted by Gasteiger charge is 2.24. The number of pyridine rings is 2. The Morgan fingerprint density at radius 1 is 0.786 bits per heavy atom. The predicted molar refractivity (Wildman–Crippen MR) is 114 cm³/mol. The number of aromatic nitrogens is 2. The summed E-state index contributed by atoms with van der Waals surface area (Å²) in [5.41, 5.74) is 8.20. The van der Waals surface area contributed by atoms with Crippen molar-refractivity contribution < 1.29 is 8.96 Å². The number of hydrogen-bond acceptors (Lipinski definition) is 0. The Bertz CT molecular complexity index is 1600. The first-order valence-corrected chi connectivity index (χ1v) is 9.63. The molecule has 0 aliphatic heterocycles. The molecule has 0 bridgehead atoms. The summed E-state index contributed by atoms with van der Waals surface area (Å²) in [4.78, 5) is 0. The van der Waals surface area contributed by atoms with Crippen LogP contribution in [0.5, 0.6) is 0 Å². The first kappa shape index (κ1) is 15.8. The number of rotatable bonds is 0. The quantitative estimate of drug-likeness (QED) is 0.180. The lowest BCUT2D eigenvalue weighted by Gasteiger charge is -2.13. The van der Waals surface area contributed by atoms with E-state index in [0.29, 0.717) is 0 Å². The first-order valence-electron chi connectivity index (χ1n) is 9.63. The van der Waals surface area contributed by atoms with Crippen LogP contribution in [0, 0.1) is 26.6 Å². The Hall–Kier alpha value is -3.20. The lowest BCUT2D eigenvalue weighted by molar-refractivity contribution is -0.643. The number of fused-ring (bicyclic) bond motifs is 5. The van der Waals surface area contributed by atoms with E-state index >= 15 is 0 Å². The summed E-state index contributed by atoms with van der Waals surface area (Å²) < 4.78 is 19.1. The minimum Gasteiger partial charge on any atom is -0.307 e. The maximum atomic E-state index is 14.6. The van der Waals surface area contributed by atoms with Crippen LogP contribution in [0.2, 0.25) is 0 Å². The topological polar surface area (TPSA) is 8.29 Å². The molecule has 0 amide bonds. The Labute approximate surface area is 161 Å². The molecule has 3 aromatic carbocycles. The van der Waals surface area contributed by atoms with Crippen LogP contribution in [0.25, 0.3) is 49.0 Å². The number of nitrogens with zero attached hydrogens (tertiary/aromatic N) is 2. The fourth-order valence-electron chi connectivity index (χ4n) is 4.94. The van der Waals surface area contributed by atoms with Gasteiger partial charge in [0.05, 0.1) is 27.3 Å². The van der Waals surface area contributed by atoms with Crippen molar-refractivity contribution in [3.8, 4) is 0 Å². The van der Waals surface area contributed by atoms with E-state index in [9.17, 15) is 4.39 Å². The second-order valence-electron chi connectivity index (χ2n) is 8.11. The molecule has 0 aliphatic rings. The van der Waals surface area contributed by atoms with Crippen molar-refractivity contribution in [1.29, 1.82) is 0 Å². The van der Waals surface area contributed by atoms with Crippen molar-refractivity contribution in [2.24, 2.45) is 7.05 Å². The van der Waals surface area contributed by atoms with Crippen molar-refractivity contribution in [3.05, 3.63) is 71.2 Å².